The molecule has 222 valence electrons. The number of aromatic carboxylic acids is 1. The van der Waals surface area contributed by atoms with Crippen LogP contribution < -0.4 is 9.80 Å². The minimum Gasteiger partial charge on any atom is -0.508 e. The Labute approximate surface area is 251 Å². The molecular weight excluding hydrogens is 564 g/mol. The normalized spacial score (nSPS) is 29.3. The van der Waals surface area contributed by atoms with Gasteiger partial charge in [0.05, 0.1) is 34.5 Å². The molecule has 1 saturated carbocycles. The highest BCUT2D eigenvalue weighted by Crippen LogP contribution is 2.63. The van der Waals surface area contributed by atoms with Gasteiger partial charge >= 0.3 is 5.97 Å². The first-order chi connectivity index (χ1) is 21.0. The average molecular weight is 593 g/mol. The van der Waals surface area contributed by atoms with Gasteiger partial charge in [0.1, 0.15) is 17.1 Å². The van der Waals surface area contributed by atoms with E-state index in [9.17, 15) is 39.3 Å². The summed E-state index contributed by atoms with van der Waals surface area (Å²) in [4.78, 5) is 69.9. The van der Waals surface area contributed by atoms with Gasteiger partial charge in [0, 0.05) is 12.0 Å². The fourth-order valence-electron chi connectivity index (χ4n) is 8.02. The molecular formula is C34H28N2O8. The number of nitrogens with zero attached hydrogens (tertiary/aromatic N) is 2. The van der Waals surface area contributed by atoms with Crippen LogP contribution >= 0.6 is 0 Å². The van der Waals surface area contributed by atoms with Crippen molar-refractivity contribution in [3.63, 3.8) is 0 Å². The summed E-state index contributed by atoms with van der Waals surface area (Å²) in [6.45, 7) is 1.78. The van der Waals surface area contributed by atoms with Gasteiger partial charge in [0.25, 0.3) is 0 Å². The highest BCUT2D eigenvalue weighted by Gasteiger charge is 2.67. The van der Waals surface area contributed by atoms with E-state index >= 15 is 0 Å². The molecule has 2 aliphatic heterocycles. The zero-order valence-corrected chi connectivity index (χ0v) is 23.6. The Morgan fingerprint density at radius 1 is 0.818 bits per heavy atom. The van der Waals surface area contributed by atoms with Gasteiger partial charge in [-0.1, -0.05) is 42.0 Å². The molecule has 2 heterocycles. The number of fused-ring (bicyclic) bond motifs is 4. The van der Waals surface area contributed by atoms with Gasteiger partial charge < -0.3 is 15.3 Å². The number of hydrogen-bond donors (Lipinski definition) is 3. The van der Waals surface area contributed by atoms with Crippen molar-refractivity contribution in [3.05, 3.63) is 95.6 Å². The summed E-state index contributed by atoms with van der Waals surface area (Å²) < 4.78 is 0. The van der Waals surface area contributed by atoms with E-state index in [0.717, 1.165) is 22.6 Å². The van der Waals surface area contributed by atoms with Crippen LogP contribution in [-0.2, 0) is 19.2 Å². The van der Waals surface area contributed by atoms with Gasteiger partial charge in [-0.25, -0.2) is 14.6 Å². The third-order valence-electron chi connectivity index (χ3n) is 9.96. The van der Waals surface area contributed by atoms with Crippen LogP contribution in [0.25, 0.3) is 0 Å². The molecule has 10 nitrogen and oxygen atoms in total. The van der Waals surface area contributed by atoms with E-state index in [4.69, 9.17) is 0 Å². The molecule has 3 N–H and O–H groups in total. The van der Waals surface area contributed by atoms with Crippen molar-refractivity contribution in [1.29, 1.82) is 0 Å². The second kappa shape index (κ2) is 9.63. The fraction of sp³-hybridized carbons (Fsp3) is 0.265. The zero-order valence-electron chi connectivity index (χ0n) is 23.6. The summed E-state index contributed by atoms with van der Waals surface area (Å²) in [5, 5.41) is 30.0. The lowest BCUT2D eigenvalue weighted by Gasteiger charge is -2.49. The lowest BCUT2D eigenvalue weighted by Crippen LogP contribution is -2.48. The number of carbonyl (C=O) groups is 5. The molecule has 2 saturated heterocycles. The number of carboxylic acids is 1. The van der Waals surface area contributed by atoms with Crippen molar-refractivity contribution in [2.24, 2.45) is 29.1 Å². The molecule has 3 aromatic carbocycles. The second-order valence-corrected chi connectivity index (χ2v) is 12.1. The number of aromatic hydroxyl groups is 2. The number of amides is 4. The first-order valence-electron chi connectivity index (χ1n) is 14.4. The van der Waals surface area contributed by atoms with Crippen molar-refractivity contribution >= 4 is 41.0 Å². The van der Waals surface area contributed by atoms with E-state index in [1.807, 2.05) is 6.08 Å². The number of anilines is 2. The van der Waals surface area contributed by atoms with Crippen LogP contribution in [-0.4, -0.2) is 44.9 Å². The maximum absolute atomic E-state index is 14.3. The maximum atomic E-state index is 14.3. The Morgan fingerprint density at radius 3 is 2.25 bits per heavy atom. The molecule has 0 radical (unpaired) electrons. The van der Waals surface area contributed by atoms with E-state index in [2.05, 4.69) is 0 Å². The number of phenols is 2. The molecule has 0 spiro atoms. The van der Waals surface area contributed by atoms with Gasteiger partial charge in [-0.3, -0.25) is 19.2 Å². The summed E-state index contributed by atoms with van der Waals surface area (Å²) in [5.74, 6) is -7.22. The lowest BCUT2D eigenvalue weighted by atomic mass is 9.51. The smallest absolute Gasteiger partial charge is 0.339 e. The standard InChI is InChI=1S/C34H28N2O8/c1-34-25(30(40)36(33(34)44)18-7-3-2-4-8-18)16-24-21(28(34)17-6-5-9-20(37)14-17)12-13-23-27(24)31(41)35(29(23)39)19-10-11-22(32(42)43)26(38)15-19/h2-12,14-15,23-25,27-28,37-38H,13,16H2,1H3,(H,42,43)/t23-,24+,25-,27-,28-,34+/m0/s1. The van der Waals surface area contributed by atoms with Crippen molar-refractivity contribution in [3.8, 4) is 11.5 Å². The first kappa shape index (κ1) is 27.6. The van der Waals surface area contributed by atoms with Crippen LogP contribution in [0.1, 0.15) is 41.6 Å². The lowest BCUT2D eigenvalue weighted by molar-refractivity contribution is -0.131. The number of hydrogen-bond acceptors (Lipinski definition) is 7. The van der Waals surface area contributed by atoms with Gasteiger partial charge in [-0.2, -0.15) is 0 Å². The Balaban J connectivity index is 1.34. The number of allylic oxidation sites excluding steroid dienone is 2. The maximum Gasteiger partial charge on any atom is 0.339 e. The van der Waals surface area contributed by atoms with Crippen LogP contribution in [0.5, 0.6) is 11.5 Å². The van der Waals surface area contributed by atoms with E-state index < -0.39 is 58.5 Å². The van der Waals surface area contributed by atoms with Crippen LogP contribution in [0.3, 0.4) is 0 Å². The summed E-state index contributed by atoms with van der Waals surface area (Å²) in [7, 11) is 0. The minimum atomic E-state index is -1.35. The second-order valence-electron chi connectivity index (χ2n) is 12.1. The largest absolute Gasteiger partial charge is 0.508 e. The Bertz CT molecular complexity index is 1820. The Hall–Kier alpha value is -5.25. The number of carboxylic acid groups (broad SMARTS) is 1. The molecule has 4 aliphatic rings. The number of benzene rings is 3. The first-order valence-corrected chi connectivity index (χ1v) is 14.4. The van der Waals surface area contributed by atoms with Crippen molar-refractivity contribution in [1.82, 2.24) is 0 Å². The zero-order chi connectivity index (χ0) is 31.1. The summed E-state index contributed by atoms with van der Waals surface area (Å²) in [5.41, 5.74) is 0.336. The molecule has 0 unspecified atom stereocenters. The van der Waals surface area contributed by atoms with Crippen LogP contribution in [0.15, 0.2) is 84.4 Å². The third-order valence-corrected chi connectivity index (χ3v) is 9.96. The van der Waals surface area contributed by atoms with Gasteiger partial charge in [-0.15, -0.1) is 0 Å². The summed E-state index contributed by atoms with van der Waals surface area (Å²) >= 11 is 0. The molecule has 7 rings (SSSR count). The molecule has 3 fully saturated rings. The number of imide groups is 2. The van der Waals surface area contributed by atoms with Crippen LogP contribution in [0.2, 0.25) is 0 Å². The van der Waals surface area contributed by atoms with Crippen LogP contribution in [0.4, 0.5) is 11.4 Å². The summed E-state index contributed by atoms with van der Waals surface area (Å²) in [6.07, 6.45) is 2.30. The van der Waals surface area contributed by atoms with E-state index in [0.29, 0.717) is 11.3 Å². The van der Waals surface area contributed by atoms with Gasteiger partial charge in [0.2, 0.25) is 23.6 Å². The molecule has 0 bridgehead atoms. The monoisotopic (exact) mass is 592 g/mol. The highest BCUT2D eigenvalue weighted by atomic mass is 16.4. The Morgan fingerprint density at radius 2 is 1.57 bits per heavy atom. The molecule has 10 heteroatoms. The van der Waals surface area contributed by atoms with Gasteiger partial charge in [-0.05, 0) is 67.6 Å². The van der Waals surface area contributed by atoms with E-state index in [-0.39, 0.29) is 41.7 Å². The predicted molar refractivity (Wildman–Crippen MR) is 157 cm³/mol. The highest BCUT2D eigenvalue weighted by molar-refractivity contribution is 6.25. The molecule has 4 amide bonds. The Kier molecular flexibility index (Phi) is 6.04. The minimum absolute atomic E-state index is 0.00124. The van der Waals surface area contributed by atoms with Crippen molar-refractivity contribution < 1.29 is 39.3 Å². The SMILES string of the molecule is C[C@@]12C(=O)N(c3ccccc3)C(=O)[C@@H]1C[C@@H]1C(=CC[C@@H]3C(=O)N(c4ccc(C(=O)O)c(O)c4)C(=O)[C@@H]31)[C@@H]2c1cccc(O)c1. The number of phenolic OH excluding ortho intramolecular Hbond substituents is 1. The van der Waals surface area contributed by atoms with Crippen LogP contribution in [0, 0.1) is 29.1 Å². The average Bonchev–Trinajstić information content (AvgIpc) is 3.36. The number of para-hydroxylation sites is 1. The number of carbonyl (C=O) groups excluding carboxylic acids is 4. The van der Waals surface area contributed by atoms with Crippen molar-refractivity contribution in [2.45, 2.75) is 25.7 Å². The quantitative estimate of drug-likeness (QED) is 0.301. The topological polar surface area (TPSA) is 153 Å². The fourth-order valence-corrected chi connectivity index (χ4v) is 8.02. The van der Waals surface area contributed by atoms with Crippen molar-refractivity contribution in [2.75, 3.05) is 9.80 Å². The molecule has 2 aliphatic carbocycles. The molecule has 44 heavy (non-hydrogen) atoms. The van der Waals surface area contributed by atoms with Gasteiger partial charge in [0.15, 0.2) is 0 Å². The number of rotatable bonds is 4. The molecule has 0 aromatic heterocycles. The third kappa shape index (κ3) is 3.69. The molecule has 6 atom stereocenters. The van der Waals surface area contributed by atoms with E-state index in [1.165, 1.54) is 17.0 Å². The summed E-state index contributed by atoms with van der Waals surface area (Å²) in [6, 6.07) is 18.8. The predicted octanol–water partition coefficient (Wildman–Crippen LogP) is 4.23. The molecule has 3 aromatic rings. The van der Waals surface area contributed by atoms with E-state index in [1.54, 1.807) is 55.5 Å².